The molecular weight excluding hydrogens is 402 g/mol. The van der Waals surface area contributed by atoms with Gasteiger partial charge in [0.1, 0.15) is 0 Å². The number of urea groups is 1. The lowest BCUT2D eigenvalue weighted by atomic mass is 9.94. The Bertz CT molecular complexity index is 918. The molecule has 2 aromatic rings. The van der Waals surface area contributed by atoms with Gasteiger partial charge in [-0.2, -0.15) is 4.31 Å². The standard InChI is InChI=1S/C22H31N3O4S/c1-17(2)24(3)30(27,28)21-11-9-19(10-12-21)23-22(26)25(15-18-13-14-29-16-18)20-7-5-4-6-8-20/h9-14,16-17,20H,4-8,15H2,1-3H3,(H,23,26). The van der Waals surface area contributed by atoms with Gasteiger partial charge in [-0.15, -0.1) is 0 Å². The van der Waals surface area contributed by atoms with E-state index in [2.05, 4.69) is 5.32 Å². The third-order valence-corrected chi connectivity index (χ3v) is 7.77. The number of benzene rings is 1. The van der Waals surface area contributed by atoms with Gasteiger partial charge in [0, 0.05) is 30.4 Å². The van der Waals surface area contributed by atoms with E-state index in [4.69, 9.17) is 4.42 Å². The second kappa shape index (κ2) is 9.66. The molecule has 1 N–H and O–H groups in total. The van der Waals surface area contributed by atoms with Gasteiger partial charge in [-0.25, -0.2) is 13.2 Å². The highest BCUT2D eigenvalue weighted by Crippen LogP contribution is 2.26. The van der Waals surface area contributed by atoms with Crippen LogP contribution in [-0.4, -0.2) is 42.8 Å². The van der Waals surface area contributed by atoms with Gasteiger partial charge in [-0.05, 0) is 57.0 Å². The summed E-state index contributed by atoms with van der Waals surface area (Å²) < 4.78 is 31.7. The molecule has 8 heteroatoms. The van der Waals surface area contributed by atoms with Crippen LogP contribution in [0, 0.1) is 0 Å². The summed E-state index contributed by atoms with van der Waals surface area (Å²) in [5.41, 5.74) is 1.52. The van der Waals surface area contributed by atoms with E-state index in [0.717, 1.165) is 31.2 Å². The number of hydrogen-bond donors (Lipinski definition) is 1. The average Bonchev–Trinajstić information content (AvgIpc) is 3.25. The number of sulfonamides is 1. The van der Waals surface area contributed by atoms with Crippen LogP contribution in [0.1, 0.15) is 51.5 Å². The summed E-state index contributed by atoms with van der Waals surface area (Å²) >= 11 is 0. The Morgan fingerprint density at radius 3 is 2.37 bits per heavy atom. The molecule has 1 fully saturated rings. The van der Waals surface area contributed by atoms with E-state index in [1.165, 1.54) is 22.9 Å². The van der Waals surface area contributed by atoms with E-state index < -0.39 is 10.0 Å². The van der Waals surface area contributed by atoms with Crippen LogP contribution in [-0.2, 0) is 16.6 Å². The molecule has 0 radical (unpaired) electrons. The summed E-state index contributed by atoms with van der Waals surface area (Å²) in [7, 11) is -1.99. The molecule has 1 aromatic carbocycles. The van der Waals surface area contributed by atoms with Crippen molar-refractivity contribution in [1.82, 2.24) is 9.21 Å². The molecule has 1 saturated carbocycles. The van der Waals surface area contributed by atoms with E-state index in [-0.39, 0.29) is 23.0 Å². The first kappa shape index (κ1) is 22.4. The Morgan fingerprint density at radius 2 is 1.80 bits per heavy atom. The molecule has 0 bridgehead atoms. The molecule has 1 aliphatic carbocycles. The number of nitrogens with one attached hydrogen (secondary N) is 1. The Kier molecular flexibility index (Phi) is 7.20. The van der Waals surface area contributed by atoms with Crippen LogP contribution in [0.5, 0.6) is 0 Å². The fourth-order valence-electron chi connectivity index (χ4n) is 3.69. The van der Waals surface area contributed by atoms with Crippen LogP contribution in [0.3, 0.4) is 0 Å². The maximum atomic E-state index is 13.1. The summed E-state index contributed by atoms with van der Waals surface area (Å²) in [6.45, 7) is 4.14. The fraction of sp³-hybridized carbons (Fsp3) is 0.500. The van der Waals surface area contributed by atoms with Crippen LogP contribution < -0.4 is 5.32 Å². The minimum atomic E-state index is -3.55. The van der Waals surface area contributed by atoms with Gasteiger partial charge in [0.15, 0.2) is 0 Å². The van der Waals surface area contributed by atoms with Crippen LogP contribution in [0.2, 0.25) is 0 Å². The van der Waals surface area contributed by atoms with Gasteiger partial charge in [-0.1, -0.05) is 19.3 Å². The molecular formula is C22H31N3O4S. The summed E-state index contributed by atoms with van der Waals surface area (Å²) in [4.78, 5) is 15.1. The maximum absolute atomic E-state index is 13.1. The van der Waals surface area contributed by atoms with Gasteiger partial charge in [0.25, 0.3) is 0 Å². The van der Waals surface area contributed by atoms with Gasteiger partial charge in [-0.3, -0.25) is 0 Å². The summed E-state index contributed by atoms with van der Waals surface area (Å²) in [6, 6.07) is 8.07. The molecule has 0 unspecified atom stereocenters. The second-order valence-corrected chi connectivity index (χ2v) is 10.1. The van der Waals surface area contributed by atoms with Gasteiger partial charge >= 0.3 is 6.03 Å². The molecule has 1 aliphatic rings. The minimum Gasteiger partial charge on any atom is -0.472 e. The lowest BCUT2D eigenvalue weighted by Crippen LogP contribution is -2.43. The van der Waals surface area contributed by atoms with Crippen molar-refractivity contribution in [3.05, 3.63) is 48.4 Å². The lowest BCUT2D eigenvalue weighted by molar-refractivity contribution is 0.162. The van der Waals surface area contributed by atoms with Crippen LogP contribution in [0.15, 0.2) is 52.2 Å². The Labute approximate surface area is 179 Å². The third-order valence-electron chi connectivity index (χ3n) is 5.72. The fourth-order valence-corrected chi connectivity index (χ4v) is 5.06. The summed E-state index contributed by atoms with van der Waals surface area (Å²) in [6.07, 6.45) is 8.70. The topological polar surface area (TPSA) is 82.9 Å². The first-order valence-corrected chi connectivity index (χ1v) is 11.9. The number of hydrogen-bond acceptors (Lipinski definition) is 4. The smallest absolute Gasteiger partial charge is 0.322 e. The number of anilines is 1. The van der Waals surface area contributed by atoms with Crippen LogP contribution >= 0.6 is 0 Å². The largest absolute Gasteiger partial charge is 0.472 e. The zero-order valence-corrected chi connectivity index (χ0v) is 18.7. The van der Waals surface area contributed by atoms with Crippen molar-refractivity contribution in [3.8, 4) is 0 Å². The molecule has 1 heterocycles. The maximum Gasteiger partial charge on any atom is 0.322 e. The monoisotopic (exact) mass is 433 g/mol. The number of amides is 2. The van der Waals surface area contributed by atoms with Gasteiger partial charge < -0.3 is 14.6 Å². The van der Waals surface area contributed by atoms with Crippen molar-refractivity contribution >= 4 is 21.7 Å². The van der Waals surface area contributed by atoms with Gasteiger partial charge in [0.05, 0.1) is 24.0 Å². The van der Waals surface area contributed by atoms with Crippen molar-refractivity contribution in [2.75, 3.05) is 12.4 Å². The quantitative estimate of drug-likeness (QED) is 0.687. The number of carbonyl (C=O) groups excluding carboxylic acids is 1. The highest BCUT2D eigenvalue weighted by Gasteiger charge is 2.27. The lowest BCUT2D eigenvalue weighted by Gasteiger charge is -2.34. The zero-order chi connectivity index (χ0) is 21.7. The van der Waals surface area contributed by atoms with E-state index >= 15 is 0 Å². The molecule has 3 rings (SSSR count). The van der Waals surface area contributed by atoms with Crippen molar-refractivity contribution in [2.45, 2.75) is 69.5 Å². The molecule has 2 amide bonds. The van der Waals surface area contributed by atoms with E-state index in [9.17, 15) is 13.2 Å². The summed E-state index contributed by atoms with van der Waals surface area (Å²) in [5, 5.41) is 2.93. The number of rotatable bonds is 7. The summed E-state index contributed by atoms with van der Waals surface area (Å²) in [5.74, 6) is 0. The molecule has 0 aliphatic heterocycles. The molecule has 1 aromatic heterocycles. The predicted molar refractivity (Wildman–Crippen MR) is 117 cm³/mol. The number of carbonyl (C=O) groups is 1. The first-order chi connectivity index (χ1) is 14.3. The first-order valence-electron chi connectivity index (χ1n) is 10.5. The molecule has 30 heavy (non-hydrogen) atoms. The SMILES string of the molecule is CC(C)N(C)S(=O)(=O)c1ccc(NC(=O)N(Cc2ccoc2)C2CCCCC2)cc1. The van der Waals surface area contributed by atoms with E-state index in [1.54, 1.807) is 31.7 Å². The van der Waals surface area contributed by atoms with Crippen molar-refractivity contribution in [1.29, 1.82) is 0 Å². The van der Waals surface area contributed by atoms with Crippen molar-refractivity contribution < 1.29 is 17.6 Å². The van der Waals surface area contributed by atoms with Crippen molar-refractivity contribution in [3.63, 3.8) is 0 Å². The van der Waals surface area contributed by atoms with E-state index in [0.29, 0.717) is 12.2 Å². The minimum absolute atomic E-state index is 0.138. The second-order valence-electron chi connectivity index (χ2n) is 8.12. The predicted octanol–water partition coefficient (Wildman–Crippen LogP) is 4.68. The van der Waals surface area contributed by atoms with Crippen LogP contribution in [0.4, 0.5) is 10.5 Å². The number of nitrogens with zero attached hydrogens (tertiary/aromatic N) is 2. The Balaban J connectivity index is 1.73. The molecule has 0 saturated heterocycles. The van der Waals surface area contributed by atoms with Crippen molar-refractivity contribution in [2.24, 2.45) is 0 Å². The molecule has 0 atom stereocenters. The highest BCUT2D eigenvalue weighted by atomic mass is 32.2. The van der Waals surface area contributed by atoms with Gasteiger partial charge in [0.2, 0.25) is 10.0 Å². The number of furan rings is 1. The Hall–Kier alpha value is -2.32. The molecule has 0 spiro atoms. The Morgan fingerprint density at radius 1 is 1.13 bits per heavy atom. The molecule has 7 nitrogen and oxygen atoms in total. The van der Waals surface area contributed by atoms with E-state index in [1.807, 2.05) is 24.8 Å². The third kappa shape index (κ3) is 5.23. The molecule has 164 valence electrons. The normalized spacial score (nSPS) is 15.5. The highest BCUT2D eigenvalue weighted by molar-refractivity contribution is 7.89. The zero-order valence-electron chi connectivity index (χ0n) is 17.9. The van der Waals surface area contributed by atoms with Crippen LogP contribution in [0.25, 0.3) is 0 Å². The average molecular weight is 434 g/mol.